The summed E-state index contributed by atoms with van der Waals surface area (Å²) in [6.07, 6.45) is 6.59. The number of aromatic amines is 1. The second-order valence-electron chi connectivity index (χ2n) is 7.28. The van der Waals surface area contributed by atoms with Crippen molar-refractivity contribution in [1.29, 1.82) is 0 Å². The summed E-state index contributed by atoms with van der Waals surface area (Å²) < 4.78 is 0. The molecule has 0 aromatic carbocycles. The molecular formula is C19H32N7O4. The summed E-state index contributed by atoms with van der Waals surface area (Å²) >= 11 is 0. The van der Waals surface area contributed by atoms with E-state index in [4.69, 9.17) is 11.5 Å². The van der Waals surface area contributed by atoms with Crippen LogP contribution in [0.5, 0.6) is 0 Å². The van der Waals surface area contributed by atoms with Crippen LogP contribution in [-0.2, 0) is 25.6 Å². The van der Waals surface area contributed by atoms with E-state index in [0.717, 1.165) is 0 Å². The van der Waals surface area contributed by atoms with E-state index in [0.29, 0.717) is 31.5 Å². The molecule has 0 spiro atoms. The lowest BCUT2D eigenvalue weighted by molar-refractivity contribution is -0.132. The average Bonchev–Trinajstić information content (AvgIpc) is 3.23. The lowest BCUT2D eigenvalue weighted by Crippen LogP contribution is -2.56. The fourth-order valence-electron chi connectivity index (χ4n) is 2.69. The number of nitrogens with one attached hydrogen (secondary N) is 4. The van der Waals surface area contributed by atoms with Gasteiger partial charge in [-0.3, -0.25) is 19.2 Å². The standard InChI is InChI=1S/C19H32N7O4/c1-12(2)16(10-27)26-18(29)14(5-3-4-6-20)25-19(30)15(24-17(28)8-21)7-13-9-22-11-23-13/h9,11-12,14-16H,3-8,20-21H2,1-2H3,(H,22,23)(H,24,28)(H,25,30)(H,26,29)/t14-,15-,16+/m0/s1. The Hall–Kier alpha value is -2.79. The first-order valence-electron chi connectivity index (χ1n) is 9.97. The van der Waals surface area contributed by atoms with E-state index in [1.54, 1.807) is 26.3 Å². The molecule has 1 radical (unpaired) electrons. The molecule has 11 nitrogen and oxygen atoms in total. The van der Waals surface area contributed by atoms with E-state index < -0.39 is 35.8 Å². The fraction of sp³-hybridized carbons (Fsp3) is 0.632. The first-order valence-corrected chi connectivity index (χ1v) is 9.97. The second-order valence-corrected chi connectivity index (χ2v) is 7.28. The van der Waals surface area contributed by atoms with Gasteiger partial charge >= 0.3 is 0 Å². The zero-order chi connectivity index (χ0) is 22.5. The molecule has 0 aliphatic rings. The molecule has 1 aromatic heterocycles. The van der Waals surface area contributed by atoms with Gasteiger partial charge in [0.1, 0.15) is 12.1 Å². The SMILES string of the molecule is CC(C)[C@@H]([C]=O)NC(=O)[C@H](CCCCN)NC(=O)[C@H](Cc1c[nH]cn1)NC(=O)CN. The number of hydrogen-bond acceptors (Lipinski definition) is 7. The first kappa shape index (κ1) is 25.2. The fourth-order valence-corrected chi connectivity index (χ4v) is 2.69. The lowest BCUT2D eigenvalue weighted by Gasteiger charge is -2.24. The quantitative estimate of drug-likeness (QED) is 0.192. The number of carbonyl (C=O) groups is 3. The summed E-state index contributed by atoms with van der Waals surface area (Å²) in [5, 5.41) is 7.82. The van der Waals surface area contributed by atoms with Crippen LogP contribution in [0.3, 0.4) is 0 Å². The van der Waals surface area contributed by atoms with Gasteiger partial charge in [-0.05, 0) is 31.7 Å². The zero-order valence-electron chi connectivity index (χ0n) is 17.4. The van der Waals surface area contributed by atoms with Gasteiger partial charge in [-0.25, -0.2) is 4.98 Å². The highest BCUT2D eigenvalue weighted by atomic mass is 16.2. The number of hydrogen-bond donors (Lipinski definition) is 6. The van der Waals surface area contributed by atoms with Gasteiger partial charge in [0.2, 0.25) is 24.0 Å². The maximum atomic E-state index is 12.9. The van der Waals surface area contributed by atoms with Gasteiger partial charge in [-0.15, -0.1) is 0 Å². The first-order chi connectivity index (χ1) is 14.3. The van der Waals surface area contributed by atoms with Crippen LogP contribution in [0.2, 0.25) is 0 Å². The molecule has 1 aromatic rings. The van der Waals surface area contributed by atoms with Crippen molar-refractivity contribution in [2.24, 2.45) is 17.4 Å². The van der Waals surface area contributed by atoms with Gasteiger partial charge in [0.15, 0.2) is 0 Å². The normalized spacial score (nSPS) is 13.9. The highest BCUT2D eigenvalue weighted by molar-refractivity contribution is 5.93. The summed E-state index contributed by atoms with van der Waals surface area (Å²) in [6, 6.07) is -2.65. The smallest absolute Gasteiger partial charge is 0.243 e. The average molecular weight is 423 g/mol. The van der Waals surface area contributed by atoms with E-state index in [9.17, 15) is 19.2 Å². The van der Waals surface area contributed by atoms with Crippen LogP contribution in [0.4, 0.5) is 0 Å². The molecule has 30 heavy (non-hydrogen) atoms. The zero-order valence-corrected chi connectivity index (χ0v) is 17.4. The van der Waals surface area contributed by atoms with Gasteiger partial charge in [-0.1, -0.05) is 13.8 Å². The number of nitrogens with zero attached hydrogens (tertiary/aromatic N) is 1. The minimum atomic E-state index is -0.965. The maximum absolute atomic E-state index is 12.9. The van der Waals surface area contributed by atoms with E-state index >= 15 is 0 Å². The number of H-pyrrole nitrogens is 1. The van der Waals surface area contributed by atoms with Crippen molar-refractivity contribution in [1.82, 2.24) is 25.9 Å². The molecule has 8 N–H and O–H groups in total. The van der Waals surface area contributed by atoms with Gasteiger partial charge in [0, 0.05) is 12.6 Å². The number of carbonyl (C=O) groups excluding carboxylic acids is 4. The third-order valence-electron chi connectivity index (χ3n) is 4.48. The van der Waals surface area contributed by atoms with Crippen LogP contribution in [0.15, 0.2) is 12.5 Å². The highest BCUT2D eigenvalue weighted by Gasteiger charge is 2.28. The Morgan fingerprint density at radius 3 is 2.33 bits per heavy atom. The van der Waals surface area contributed by atoms with Crippen molar-refractivity contribution in [2.75, 3.05) is 13.1 Å². The Morgan fingerprint density at radius 1 is 1.10 bits per heavy atom. The van der Waals surface area contributed by atoms with Crippen molar-refractivity contribution in [3.63, 3.8) is 0 Å². The predicted octanol–water partition coefficient (Wildman–Crippen LogP) is -1.74. The van der Waals surface area contributed by atoms with Crippen LogP contribution in [-0.4, -0.2) is 65.2 Å². The van der Waals surface area contributed by atoms with Crippen LogP contribution in [0, 0.1) is 5.92 Å². The van der Waals surface area contributed by atoms with Crippen molar-refractivity contribution >= 4 is 24.0 Å². The lowest BCUT2D eigenvalue weighted by atomic mass is 10.0. The Labute approximate surface area is 176 Å². The summed E-state index contributed by atoms with van der Waals surface area (Å²) in [4.78, 5) is 55.3. The summed E-state index contributed by atoms with van der Waals surface area (Å²) in [7, 11) is 0. The maximum Gasteiger partial charge on any atom is 0.243 e. The molecular weight excluding hydrogens is 390 g/mol. The van der Waals surface area contributed by atoms with Crippen LogP contribution < -0.4 is 27.4 Å². The Bertz CT molecular complexity index is 678. The number of rotatable bonds is 14. The molecule has 0 bridgehead atoms. The second kappa shape index (κ2) is 13.4. The van der Waals surface area contributed by atoms with Crippen molar-refractivity contribution in [2.45, 2.75) is 57.7 Å². The molecule has 1 rings (SSSR count). The van der Waals surface area contributed by atoms with E-state index in [2.05, 4.69) is 25.9 Å². The van der Waals surface area contributed by atoms with Gasteiger partial charge in [-0.2, -0.15) is 0 Å². The van der Waals surface area contributed by atoms with Crippen molar-refractivity contribution < 1.29 is 19.2 Å². The van der Waals surface area contributed by atoms with Gasteiger partial charge in [0.05, 0.1) is 24.6 Å². The third-order valence-corrected chi connectivity index (χ3v) is 4.48. The van der Waals surface area contributed by atoms with Crippen LogP contribution in [0.1, 0.15) is 38.8 Å². The third kappa shape index (κ3) is 8.70. The van der Waals surface area contributed by atoms with Crippen LogP contribution in [0.25, 0.3) is 0 Å². The summed E-state index contributed by atoms with van der Waals surface area (Å²) in [6.45, 7) is 3.73. The number of unbranched alkanes of at least 4 members (excludes halogenated alkanes) is 1. The molecule has 3 amide bonds. The Balaban J connectivity index is 2.92. The topological polar surface area (TPSA) is 185 Å². The number of nitrogens with two attached hydrogens (primary N) is 2. The van der Waals surface area contributed by atoms with Gasteiger partial charge < -0.3 is 32.4 Å². The predicted molar refractivity (Wildman–Crippen MR) is 111 cm³/mol. The van der Waals surface area contributed by atoms with Crippen molar-refractivity contribution in [3.8, 4) is 0 Å². The van der Waals surface area contributed by atoms with E-state index in [1.807, 2.05) is 0 Å². The largest absolute Gasteiger partial charge is 0.351 e. The molecule has 1 heterocycles. The Kier molecular flexibility index (Phi) is 11.3. The Morgan fingerprint density at radius 2 is 1.80 bits per heavy atom. The molecule has 0 fully saturated rings. The molecule has 0 aliphatic carbocycles. The highest BCUT2D eigenvalue weighted by Crippen LogP contribution is 2.06. The molecule has 11 heteroatoms. The molecule has 0 saturated heterocycles. The monoisotopic (exact) mass is 422 g/mol. The minimum absolute atomic E-state index is 0.120. The molecule has 167 valence electrons. The molecule has 3 atom stereocenters. The van der Waals surface area contributed by atoms with Crippen molar-refractivity contribution in [3.05, 3.63) is 18.2 Å². The summed E-state index contributed by atoms with van der Waals surface area (Å²) in [5.41, 5.74) is 11.4. The van der Waals surface area contributed by atoms with E-state index in [-0.39, 0.29) is 18.9 Å². The molecule has 0 saturated carbocycles. The minimum Gasteiger partial charge on any atom is -0.351 e. The number of aromatic nitrogens is 2. The molecule has 0 unspecified atom stereocenters. The number of imidazole rings is 1. The van der Waals surface area contributed by atoms with Gasteiger partial charge in [0.25, 0.3) is 0 Å². The molecule has 0 aliphatic heterocycles. The summed E-state index contributed by atoms with van der Waals surface area (Å²) in [5.74, 6) is -1.71. The van der Waals surface area contributed by atoms with E-state index in [1.165, 1.54) is 6.33 Å². The number of amides is 3. The van der Waals surface area contributed by atoms with Crippen LogP contribution >= 0.6 is 0 Å².